The third-order valence-corrected chi connectivity index (χ3v) is 1.46. The molecule has 0 spiro atoms. The van der Waals surface area contributed by atoms with E-state index in [-0.39, 0.29) is 52.0 Å². The molecule has 0 rings (SSSR count). The van der Waals surface area contributed by atoms with Crippen LogP contribution in [0, 0.1) is 0 Å². The Hall–Kier alpha value is 0.0600. The van der Waals surface area contributed by atoms with Crippen molar-refractivity contribution in [3.05, 3.63) is 0 Å². The van der Waals surface area contributed by atoms with Crippen LogP contribution in [0.25, 0.3) is 0 Å². The predicted molar refractivity (Wildman–Crippen MR) is 102 cm³/mol. The summed E-state index contributed by atoms with van der Waals surface area (Å²) in [6, 6.07) is 0. The van der Waals surface area contributed by atoms with Crippen LogP contribution in [0.15, 0.2) is 0 Å². The maximum Gasteiger partial charge on any atom is 0.502 e. The predicted octanol–water partition coefficient (Wildman–Crippen LogP) is 8.17. The molecule has 3 heteroatoms. The van der Waals surface area contributed by atoms with E-state index in [4.69, 9.17) is 9.46 Å². The fraction of sp³-hybridized carbons (Fsp3) is 1.00. The first-order valence-electron chi connectivity index (χ1n) is 4.74. The van der Waals surface area contributed by atoms with E-state index in [1.165, 1.54) is 45.2 Å². The zero-order valence-electron chi connectivity index (χ0n) is 8.55. The first kappa shape index (κ1) is 61.4. The molecule has 0 saturated carbocycles. The number of unbranched alkanes of at least 4 members (excludes halogenated alkanes) is 5. The van der Waals surface area contributed by atoms with Crippen molar-refractivity contribution in [3.8, 4) is 0 Å². The Labute approximate surface area is 129 Å². The average Bonchev–Trinajstić information content (AvgIpc) is 1.97. The molecule has 0 fully saturated rings. The molecule has 0 aliphatic heterocycles. The lowest BCUT2D eigenvalue weighted by Crippen LogP contribution is -1.73. The quantitative estimate of drug-likeness (QED) is 0.410. The largest absolute Gasteiger partial charge is 0.502 e. The first-order valence-corrected chi connectivity index (χ1v) is 6.40. The van der Waals surface area contributed by atoms with Gasteiger partial charge in [0.2, 0.25) is 0 Å². The Morgan fingerprint density at radius 3 is 0.947 bits per heavy atom. The van der Waals surface area contributed by atoms with Gasteiger partial charge in [0.15, 0.2) is 6.66 Å². The second-order valence-corrected chi connectivity index (χ2v) is 3.81. The number of rotatable bonds is 5. The molecule has 1 N–H and O–H groups in total. The summed E-state index contributed by atoms with van der Waals surface area (Å²) in [5.41, 5.74) is 0. The number of hydrogen-bond donors (Lipinski definition) is 1. The van der Waals surface area contributed by atoms with Gasteiger partial charge in [0.1, 0.15) is 0 Å². The van der Waals surface area contributed by atoms with Crippen LogP contribution in [0.1, 0.15) is 104 Å². The molecule has 0 aromatic carbocycles. The molecule has 0 aliphatic rings. The van der Waals surface area contributed by atoms with E-state index in [2.05, 4.69) is 13.8 Å². The lowest BCUT2D eigenvalue weighted by molar-refractivity contribution is 0.509. The molecule has 19 heavy (non-hydrogen) atoms. The van der Waals surface area contributed by atoms with E-state index in [0.717, 1.165) is 0 Å². The molecule has 0 aromatic heterocycles. The third kappa shape index (κ3) is 182. The molecule has 130 valence electrons. The molecule has 0 amide bonds. The van der Waals surface area contributed by atoms with Crippen LogP contribution in [0.2, 0.25) is 0 Å². The minimum atomic E-state index is -1.87. The molecule has 1 unspecified atom stereocenters. The van der Waals surface area contributed by atoms with E-state index >= 15 is 0 Å². The van der Waals surface area contributed by atoms with E-state index in [1.54, 1.807) is 0 Å². The highest BCUT2D eigenvalue weighted by Gasteiger charge is 1.86. The second kappa shape index (κ2) is 64.0. The van der Waals surface area contributed by atoms with Crippen molar-refractivity contribution in [3.63, 3.8) is 0 Å². The molecule has 1 atom stereocenters. The SMILES string of the molecule is C.C.C.C.C.C.C.CCCCCCCC.C[P+](=O)O. The van der Waals surface area contributed by atoms with Crippen molar-refractivity contribution in [2.24, 2.45) is 0 Å². The van der Waals surface area contributed by atoms with E-state index < -0.39 is 8.03 Å². The summed E-state index contributed by atoms with van der Waals surface area (Å²) in [5, 5.41) is 0. The molecular weight excluding hydrogens is 255 g/mol. The van der Waals surface area contributed by atoms with Gasteiger partial charge < -0.3 is 0 Å². The van der Waals surface area contributed by atoms with Gasteiger partial charge in [0, 0.05) is 0 Å². The highest BCUT2D eigenvalue weighted by Crippen LogP contribution is 2.03. The summed E-state index contributed by atoms with van der Waals surface area (Å²) in [4.78, 5) is 7.56. The van der Waals surface area contributed by atoms with Gasteiger partial charge in [-0.15, -0.1) is 0 Å². The highest BCUT2D eigenvalue weighted by molar-refractivity contribution is 7.36. The summed E-state index contributed by atoms with van der Waals surface area (Å²) in [7, 11) is -1.87. The summed E-state index contributed by atoms with van der Waals surface area (Å²) in [6.07, 6.45) is 8.49. The van der Waals surface area contributed by atoms with Crippen molar-refractivity contribution >= 4 is 8.03 Å². The van der Waals surface area contributed by atoms with Crippen LogP contribution < -0.4 is 0 Å². The van der Waals surface area contributed by atoms with Gasteiger partial charge in [0.05, 0.1) is 0 Å². The van der Waals surface area contributed by atoms with Crippen molar-refractivity contribution in [1.29, 1.82) is 0 Å². The van der Waals surface area contributed by atoms with E-state index in [9.17, 15) is 0 Å². The fourth-order valence-electron chi connectivity index (χ4n) is 0.854. The van der Waals surface area contributed by atoms with Crippen molar-refractivity contribution in [2.45, 2.75) is 104 Å². The molecule has 0 radical (unpaired) electrons. The van der Waals surface area contributed by atoms with Crippen molar-refractivity contribution in [2.75, 3.05) is 6.66 Å². The third-order valence-electron chi connectivity index (χ3n) is 1.46. The van der Waals surface area contributed by atoms with Gasteiger partial charge in [-0.3, -0.25) is 0 Å². The Bertz CT molecular complexity index is 86.7. The molecular formula is C16H50O2P+. The van der Waals surface area contributed by atoms with Gasteiger partial charge in [-0.1, -0.05) is 104 Å². The van der Waals surface area contributed by atoms with Crippen LogP contribution in [-0.4, -0.2) is 11.6 Å². The van der Waals surface area contributed by atoms with Crippen molar-refractivity contribution in [1.82, 2.24) is 0 Å². The molecule has 2 nitrogen and oxygen atoms in total. The maximum atomic E-state index is 9.15. The van der Waals surface area contributed by atoms with E-state index in [0.29, 0.717) is 0 Å². The Kier molecular flexibility index (Phi) is 207. The average molecular weight is 306 g/mol. The Morgan fingerprint density at radius 1 is 0.684 bits per heavy atom. The van der Waals surface area contributed by atoms with Crippen LogP contribution in [0.3, 0.4) is 0 Å². The minimum absolute atomic E-state index is 0. The van der Waals surface area contributed by atoms with Gasteiger partial charge >= 0.3 is 8.03 Å². The highest BCUT2D eigenvalue weighted by atomic mass is 31.1. The lowest BCUT2D eigenvalue weighted by Gasteiger charge is -1.93. The smallest absolute Gasteiger partial charge is 0.161 e. The molecule has 0 aromatic rings. The summed E-state index contributed by atoms with van der Waals surface area (Å²) in [6.45, 7) is 5.74. The monoisotopic (exact) mass is 305 g/mol. The summed E-state index contributed by atoms with van der Waals surface area (Å²) in [5.74, 6) is 0. The molecule has 0 heterocycles. The lowest BCUT2D eigenvalue weighted by atomic mass is 10.1. The standard InChI is InChI=1S/C8H18.CH3O2P.7CH4/c1-3-5-7-8-6-4-2;1-4(2)3;;;;;;;/h3-8H2,1-2H3;1H3;7*1H4/p+1. The Balaban J connectivity index is -0.0000000119. The first-order chi connectivity index (χ1) is 5.65. The van der Waals surface area contributed by atoms with Crippen LogP contribution in [0.4, 0.5) is 0 Å². The van der Waals surface area contributed by atoms with E-state index in [1.807, 2.05) is 0 Å². The minimum Gasteiger partial charge on any atom is -0.161 e. The fourth-order valence-corrected chi connectivity index (χ4v) is 0.854. The van der Waals surface area contributed by atoms with Crippen LogP contribution in [-0.2, 0) is 4.57 Å². The zero-order chi connectivity index (χ0) is 9.82. The topological polar surface area (TPSA) is 37.3 Å². The van der Waals surface area contributed by atoms with Gasteiger partial charge in [-0.2, -0.15) is 4.89 Å². The Morgan fingerprint density at radius 2 is 0.842 bits per heavy atom. The zero-order valence-corrected chi connectivity index (χ0v) is 9.44. The second-order valence-electron chi connectivity index (χ2n) is 2.88. The van der Waals surface area contributed by atoms with Crippen molar-refractivity contribution < 1.29 is 9.46 Å². The summed E-state index contributed by atoms with van der Waals surface area (Å²) >= 11 is 0. The van der Waals surface area contributed by atoms with Crippen LogP contribution in [0.5, 0.6) is 0 Å². The molecule has 0 aliphatic carbocycles. The normalized spacial score (nSPS) is 6.42. The maximum absolute atomic E-state index is 9.15. The number of hydrogen-bond acceptors (Lipinski definition) is 1. The summed E-state index contributed by atoms with van der Waals surface area (Å²) < 4.78 is 9.15. The van der Waals surface area contributed by atoms with Gasteiger partial charge in [0.25, 0.3) is 0 Å². The van der Waals surface area contributed by atoms with Crippen LogP contribution >= 0.6 is 8.03 Å². The van der Waals surface area contributed by atoms with Gasteiger partial charge in [-0.05, 0) is 4.57 Å². The molecule has 0 saturated heterocycles. The molecule has 0 bridgehead atoms. The van der Waals surface area contributed by atoms with Gasteiger partial charge in [-0.25, -0.2) is 0 Å².